The van der Waals surface area contributed by atoms with E-state index < -0.39 is 0 Å². The lowest BCUT2D eigenvalue weighted by Gasteiger charge is -2.13. The third kappa shape index (κ3) is 3.61. The van der Waals surface area contributed by atoms with E-state index >= 15 is 0 Å². The van der Waals surface area contributed by atoms with Crippen LogP contribution in [0.15, 0.2) is 29.4 Å². The molecular formula is C12H17ClN2O2. The lowest BCUT2D eigenvalue weighted by molar-refractivity contribution is 0.0650. The number of rotatable bonds is 3. The first kappa shape index (κ1) is 13.8. The van der Waals surface area contributed by atoms with Gasteiger partial charge >= 0.3 is 0 Å². The smallest absolute Gasteiger partial charge is 0.145 e. The van der Waals surface area contributed by atoms with E-state index in [9.17, 15) is 5.11 Å². The van der Waals surface area contributed by atoms with Crippen molar-refractivity contribution in [1.29, 1.82) is 0 Å². The van der Waals surface area contributed by atoms with Gasteiger partial charge in [-0.25, -0.2) is 0 Å². The minimum absolute atomic E-state index is 0. The molecule has 0 aromatic heterocycles. The molecule has 1 atom stereocenters. The van der Waals surface area contributed by atoms with Gasteiger partial charge in [0.15, 0.2) is 0 Å². The zero-order chi connectivity index (χ0) is 11.5. The Morgan fingerprint density at radius 1 is 1.35 bits per heavy atom. The monoisotopic (exact) mass is 256 g/mol. The summed E-state index contributed by atoms with van der Waals surface area (Å²) in [6, 6.07) is 7.04. The second kappa shape index (κ2) is 5.89. The third-order valence-electron chi connectivity index (χ3n) is 2.50. The number of benzene rings is 1. The van der Waals surface area contributed by atoms with Crippen LogP contribution >= 0.6 is 12.4 Å². The zero-order valence-corrected chi connectivity index (χ0v) is 10.8. The summed E-state index contributed by atoms with van der Waals surface area (Å²) in [5.74, 6) is 0.271. The van der Waals surface area contributed by atoms with Crippen molar-refractivity contribution in [2.24, 2.45) is 5.16 Å². The van der Waals surface area contributed by atoms with Crippen molar-refractivity contribution in [2.75, 3.05) is 20.6 Å². The Labute approximate surface area is 107 Å². The molecular weight excluding hydrogens is 240 g/mol. The molecule has 0 radical (unpaired) electrons. The maximum absolute atomic E-state index is 9.19. The van der Waals surface area contributed by atoms with Crippen LogP contribution in [0.25, 0.3) is 0 Å². The highest BCUT2D eigenvalue weighted by Crippen LogP contribution is 2.18. The first-order chi connectivity index (χ1) is 7.65. The summed E-state index contributed by atoms with van der Waals surface area (Å²) < 4.78 is 0. The molecule has 0 amide bonds. The number of nitrogens with zero attached hydrogens (tertiary/aromatic N) is 2. The number of aromatic hydroxyl groups is 1. The van der Waals surface area contributed by atoms with Crippen LogP contribution in [-0.4, -0.2) is 42.5 Å². The van der Waals surface area contributed by atoms with Crippen LogP contribution in [0.5, 0.6) is 5.75 Å². The normalized spacial score (nSPS) is 18.5. The Balaban J connectivity index is 0.00000144. The third-order valence-corrected chi connectivity index (χ3v) is 2.50. The van der Waals surface area contributed by atoms with Crippen LogP contribution < -0.4 is 0 Å². The van der Waals surface area contributed by atoms with Crippen molar-refractivity contribution in [1.82, 2.24) is 4.90 Å². The number of hydrogen-bond acceptors (Lipinski definition) is 4. The maximum atomic E-state index is 9.19. The van der Waals surface area contributed by atoms with E-state index in [0.717, 1.165) is 24.2 Å². The van der Waals surface area contributed by atoms with Crippen LogP contribution in [0.3, 0.4) is 0 Å². The Hall–Kier alpha value is -1.26. The Morgan fingerprint density at radius 3 is 2.59 bits per heavy atom. The zero-order valence-electron chi connectivity index (χ0n) is 9.96. The molecule has 1 N–H and O–H groups in total. The quantitative estimate of drug-likeness (QED) is 0.898. The van der Waals surface area contributed by atoms with E-state index in [4.69, 9.17) is 4.84 Å². The van der Waals surface area contributed by atoms with Crippen LogP contribution in [0, 0.1) is 0 Å². The fourth-order valence-corrected chi connectivity index (χ4v) is 1.76. The summed E-state index contributed by atoms with van der Waals surface area (Å²) in [6.07, 6.45) is 0.960. The fourth-order valence-electron chi connectivity index (χ4n) is 1.76. The molecule has 0 saturated heterocycles. The Kier molecular flexibility index (Phi) is 4.78. The molecule has 2 rings (SSSR count). The van der Waals surface area contributed by atoms with E-state index in [-0.39, 0.29) is 24.3 Å². The number of phenolic OH excluding ortho intramolecular Hbond substituents is 1. The highest BCUT2D eigenvalue weighted by atomic mass is 35.5. The number of hydrogen-bond donors (Lipinski definition) is 1. The van der Waals surface area contributed by atoms with Gasteiger partial charge in [-0.15, -0.1) is 12.4 Å². The van der Waals surface area contributed by atoms with Gasteiger partial charge < -0.3 is 14.8 Å². The molecule has 5 heteroatoms. The van der Waals surface area contributed by atoms with Gasteiger partial charge in [-0.1, -0.05) is 5.16 Å². The van der Waals surface area contributed by atoms with Crippen LogP contribution in [0.4, 0.5) is 0 Å². The molecule has 1 heterocycles. The Morgan fingerprint density at radius 2 is 2.00 bits per heavy atom. The highest BCUT2D eigenvalue weighted by molar-refractivity contribution is 6.01. The van der Waals surface area contributed by atoms with E-state index in [2.05, 4.69) is 10.1 Å². The second-order valence-corrected chi connectivity index (χ2v) is 4.28. The average Bonchev–Trinajstić information content (AvgIpc) is 2.66. The summed E-state index contributed by atoms with van der Waals surface area (Å²) in [7, 11) is 4.03. The molecule has 1 aliphatic heterocycles. The molecule has 0 spiro atoms. The SMILES string of the molecule is CN(C)CC1CC(c2ccc(O)cc2)=NO1.Cl. The van der Waals surface area contributed by atoms with E-state index in [1.165, 1.54) is 0 Å². The van der Waals surface area contributed by atoms with Gasteiger partial charge in [0, 0.05) is 13.0 Å². The van der Waals surface area contributed by atoms with Crippen molar-refractivity contribution in [3.05, 3.63) is 29.8 Å². The molecule has 1 unspecified atom stereocenters. The molecule has 0 bridgehead atoms. The predicted octanol–water partition coefficient (Wildman–Crippen LogP) is 1.87. The molecule has 1 aromatic rings. The number of phenols is 1. The van der Waals surface area contributed by atoms with Gasteiger partial charge in [0.05, 0.1) is 5.71 Å². The molecule has 1 aliphatic rings. The van der Waals surface area contributed by atoms with Crippen molar-refractivity contribution in [3.8, 4) is 5.75 Å². The number of halogens is 1. The largest absolute Gasteiger partial charge is 0.508 e. The van der Waals surface area contributed by atoms with Gasteiger partial charge in [-0.05, 0) is 43.9 Å². The van der Waals surface area contributed by atoms with Gasteiger partial charge in [0.25, 0.3) is 0 Å². The van der Waals surface area contributed by atoms with Crippen LogP contribution in [0.2, 0.25) is 0 Å². The predicted molar refractivity (Wildman–Crippen MR) is 69.9 cm³/mol. The summed E-state index contributed by atoms with van der Waals surface area (Å²) >= 11 is 0. The molecule has 0 fully saturated rings. The van der Waals surface area contributed by atoms with Gasteiger partial charge in [0.1, 0.15) is 11.9 Å². The van der Waals surface area contributed by atoms with Crippen molar-refractivity contribution >= 4 is 18.1 Å². The molecule has 1 aromatic carbocycles. The molecule has 4 nitrogen and oxygen atoms in total. The first-order valence-corrected chi connectivity index (χ1v) is 5.32. The standard InChI is InChI=1S/C12H16N2O2.ClH/c1-14(2)8-11-7-12(13-16-11)9-3-5-10(15)6-4-9;/h3-6,11,15H,7-8H2,1-2H3;1H. The van der Waals surface area contributed by atoms with Crippen molar-refractivity contribution in [2.45, 2.75) is 12.5 Å². The maximum Gasteiger partial charge on any atom is 0.145 e. The second-order valence-electron chi connectivity index (χ2n) is 4.28. The lowest BCUT2D eigenvalue weighted by Crippen LogP contribution is -2.26. The van der Waals surface area contributed by atoms with Crippen molar-refractivity contribution < 1.29 is 9.94 Å². The van der Waals surface area contributed by atoms with Crippen molar-refractivity contribution in [3.63, 3.8) is 0 Å². The lowest BCUT2D eigenvalue weighted by atomic mass is 10.0. The van der Waals surface area contributed by atoms with Gasteiger partial charge in [0.2, 0.25) is 0 Å². The Bertz CT molecular complexity index is 390. The van der Waals surface area contributed by atoms with Gasteiger partial charge in [-0.3, -0.25) is 0 Å². The van der Waals surface area contributed by atoms with E-state index in [1.807, 2.05) is 26.2 Å². The van der Waals surface area contributed by atoms with E-state index in [0.29, 0.717) is 0 Å². The van der Waals surface area contributed by atoms with E-state index in [1.54, 1.807) is 12.1 Å². The minimum atomic E-state index is 0. The first-order valence-electron chi connectivity index (χ1n) is 5.32. The molecule has 0 aliphatic carbocycles. The minimum Gasteiger partial charge on any atom is -0.508 e. The molecule has 94 valence electrons. The summed E-state index contributed by atoms with van der Waals surface area (Å²) in [5, 5.41) is 13.3. The molecule has 17 heavy (non-hydrogen) atoms. The average molecular weight is 257 g/mol. The summed E-state index contributed by atoms with van der Waals surface area (Å²) in [5.41, 5.74) is 1.96. The summed E-state index contributed by atoms with van der Waals surface area (Å²) in [6.45, 7) is 0.866. The van der Waals surface area contributed by atoms with Crippen LogP contribution in [-0.2, 0) is 4.84 Å². The number of oxime groups is 1. The topological polar surface area (TPSA) is 45.1 Å². The molecule has 0 saturated carbocycles. The fraction of sp³-hybridized carbons (Fsp3) is 0.417. The number of likely N-dealkylation sites (N-methyl/N-ethyl adjacent to an activating group) is 1. The highest BCUT2D eigenvalue weighted by Gasteiger charge is 2.22. The van der Waals surface area contributed by atoms with Crippen LogP contribution in [0.1, 0.15) is 12.0 Å². The summed E-state index contributed by atoms with van der Waals surface area (Å²) in [4.78, 5) is 7.43. The van der Waals surface area contributed by atoms with Gasteiger partial charge in [-0.2, -0.15) is 0 Å².